The van der Waals surface area contributed by atoms with Gasteiger partial charge in [0.05, 0.1) is 17.9 Å². The molecular weight excluding hydrogens is 244 g/mol. The van der Waals surface area contributed by atoms with Gasteiger partial charge < -0.3 is 15.1 Å². The van der Waals surface area contributed by atoms with Gasteiger partial charge in [0.2, 0.25) is 0 Å². The monoisotopic (exact) mass is 262 g/mol. The number of amides is 1. The number of aromatic nitrogens is 2. The molecule has 0 fully saturated rings. The molecule has 0 atom stereocenters. The van der Waals surface area contributed by atoms with Crippen LogP contribution in [0, 0.1) is 6.92 Å². The molecule has 6 heteroatoms. The van der Waals surface area contributed by atoms with Crippen molar-refractivity contribution in [2.24, 2.45) is 0 Å². The number of carbonyl (C=O) groups is 1. The van der Waals surface area contributed by atoms with Gasteiger partial charge in [0, 0.05) is 7.05 Å². The van der Waals surface area contributed by atoms with E-state index in [9.17, 15) is 4.79 Å². The van der Waals surface area contributed by atoms with E-state index in [2.05, 4.69) is 10.2 Å². The number of furan rings is 1. The number of nitrogens with zero attached hydrogens (tertiary/aromatic N) is 2. The van der Waals surface area contributed by atoms with Gasteiger partial charge in [0.15, 0.2) is 5.69 Å². The summed E-state index contributed by atoms with van der Waals surface area (Å²) in [5.41, 5.74) is 7.36. The predicted molar refractivity (Wildman–Crippen MR) is 71.6 cm³/mol. The van der Waals surface area contributed by atoms with E-state index in [1.165, 1.54) is 4.90 Å². The van der Waals surface area contributed by atoms with Gasteiger partial charge in [0.1, 0.15) is 11.5 Å². The fourth-order valence-corrected chi connectivity index (χ4v) is 1.88. The molecule has 0 saturated heterocycles. The van der Waals surface area contributed by atoms with E-state index in [0.717, 1.165) is 17.2 Å². The third kappa shape index (κ3) is 2.62. The van der Waals surface area contributed by atoms with Crippen LogP contribution < -0.4 is 5.73 Å². The number of rotatable bonds is 4. The molecule has 0 aliphatic carbocycles. The lowest BCUT2D eigenvalue weighted by Crippen LogP contribution is -2.27. The molecule has 6 nitrogen and oxygen atoms in total. The molecule has 0 aromatic carbocycles. The van der Waals surface area contributed by atoms with Gasteiger partial charge in [0.25, 0.3) is 5.91 Å². The standard InChI is InChI=1S/C13H18N4O2/c1-4-10-11(14)12(16-15-10)13(18)17(3)7-9-6-5-8(2)19-9/h5-6H,4,7,14H2,1-3H3,(H,15,16). The summed E-state index contributed by atoms with van der Waals surface area (Å²) < 4.78 is 5.44. The largest absolute Gasteiger partial charge is 0.464 e. The highest BCUT2D eigenvalue weighted by molar-refractivity contribution is 5.97. The van der Waals surface area contributed by atoms with Crippen molar-refractivity contribution >= 4 is 11.6 Å². The highest BCUT2D eigenvalue weighted by Crippen LogP contribution is 2.17. The number of H-pyrrole nitrogens is 1. The second-order valence-corrected chi connectivity index (χ2v) is 4.49. The Morgan fingerprint density at radius 3 is 2.79 bits per heavy atom. The van der Waals surface area contributed by atoms with Gasteiger partial charge in [-0.25, -0.2) is 0 Å². The number of nitrogens with one attached hydrogen (secondary N) is 1. The van der Waals surface area contributed by atoms with Crippen LogP contribution in [0.15, 0.2) is 16.5 Å². The summed E-state index contributed by atoms with van der Waals surface area (Å²) in [5.74, 6) is 1.34. The number of nitrogens with two attached hydrogens (primary N) is 1. The minimum atomic E-state index is -0.220. The smallest absolute Gasteiger partial charge is 0.276 e. The van der Waals surface area contributed by atoms with Crippen molar-refractivity contribution in [2.45, 2.75) is 26.8 Å². The zero-order chi connectivity index (χ0) is 14.0. The quantitative estimate of drug-likeness (QED) is 0.878. The number of aromatic amines is 1. The Morgan fingerprint density at radius 2 is 2.26 bits per heavy atom. The zero-order valence-corrected chi connectivity index (χ0v) is 11.4. The van der Waals surface area contributed by atoms with Gasteiger partial charge in [-0.3, -0.25) is 9.89 Å². The molecular formula is C13H18N4O2. The van der Waals surface area contributed by atoms with Crippen LogP contribution in [0.2, 0.25) is 0 Å². The number of nitrogen functional groups attached to an aromatic ring is 1. The molecule has 2 rings (SSSR count). The van der Waals surface area contributed by atoms with Crippen LogP contribution in [0.5, 0.6) is 0 Å². The van der Waals surface area contributed by atoms with Crippen molar-refractivity contribution in [3.05, 3.63) is 35.0 Å². The van der Waals surface area contributed by atoms with E-state index in [0.29, 0.717) is 18.7 Å². The van der Waals surface area contributed by atoms with Gasteiger partial charge in [-0.15, -0.1) is 0 Å². The van der Waals surface area contributed by atoms with Crippen LogP contribution in [0.4, 0.5) is 5.69 Å². The first-order chi connectivity index (χ1) is 9.02. The van der Waals surface area contributed by atoms with Crippen LogP contribution in [0.25, 0.3) is 0 Å². The first kappa shape index (κ1) is 13.2. The van der Waals surface area contributed by atoms with Gasteiger partial charge in [-0.2, -0.15) is 5.10 Å². The van der Waals surface area contributed by atoms with Gasteiger partial charge in [-0.1, -0.05) is 6.92 Å². The van der Waals surface area contributed by atoms with E-state index in [1.807, 2.05) is 26.0 Å². The average molecular weight is 262 g/mol. The van der Waals surface area contributed by atoms with E-state index in [-0.39, 0.29) is 11.6 Å². The number of carbonyl (C=O) groups excluding carboxylic acids is 1. The molecule has 0 unspecified atom stereocenters. The minimum absolute atomic E-state index is 0.220. The highest BCUT2D eigenvalue weighted by atomic mass is 16.3. The molecule has 0 aliphatic heterocycles. The van der Waals surface area contributed by atoms with Gasteiger partial charge in [-0.05, 0) is 25.5 Å². The van der Waals surface area contributed by atoms with Crippen LogP contribution >= 0.6 is 0 Å². The topological polar surface area (TPSA) is 88.2 Å². The van der Waals surface area contributed by atoms with Crippen LogP contribution in [0.3, 0.4) is 0 Å². The maximum Gasteiger partial charge on any atom is 0.276 e. The van der Waals surface area contributed by atoms with E-state index in [1.54, 1.807) is 7.05 Å². The lowest BCUT2D eigenvalue weighted by Gasteiger charge is -2.14. The van der Waals surface area contributed by atoms with Gasteiger partial charge >= 0.3 is 0 Å². The summed E-state index contributed by atoms with van der Waals surface area (Å²) in [7, 11) is 1.69. The predicted octanol–water partition coefficient (Wildman–Crippen LogP) is 1.73. The maximum absolute atomic E-state index is 12.2. The number of anilines is 1. The third-order valence-corrected chi connectivity index (χ3v) is 2.97. The van der Waals surface area contributed by atoms with Crippen molar-refractivity contribution in [1.29, 1.82) is 0 Å². The molecule has 0 spiro atoms. The summed E-state index contributed by atoms with van der Waals surface area (Å²) >= 11 is 0. The summed E-state index contributed by atoms with van der Waals surface area (Å²) in [5, 5.41) is 6.76. The lowest BCUT2D eigenvalue weighted by atomic mass is 10.2. The van der Waals surface area contributed by atoms with Crippen molar-refractivity contribution in [1.82, 2.24) is 15.1 Å². The fourth-order valence-electron chi connectivity index (χ4n) is 1.88. The molecule has 1 amide bonds. The Labute approximate surface area is 111 Å². The molecule has 2 aromatic rings. The Kier molecular flexibility index (Phi) is 3.59. The van der Waals surface area contributed by atoms with Crippen molar-refractivity contribution in [3.8, 4) is 0 Å². The molecule has 0 aliphatic rings. The Hall–Kier alpha value is -2.24. The van der Waals surface area contributed by atoms with Crippen molar-refractivity contribution in [3.63, 3.8) is 0 Å². The summed E-state index contributed by atoms with van der Waals surface area (Å²) in [6, 6.07) is 3.72. The molecule has 0 bridgehead atoms. The third-order valence-electron chi connectivity index (χ3n) is 2.97. The Balaban J connectivity index is 2.12. The normalized spacial score (nSPS) is 10.7. The first-order valence-electron chi connectivity index (χ1n) is 6.16. The highest BCUT2D eigenvalue weighted by Gasteiger charge is 2.20. The van der Waals surface area contributed by atoms with E-state index in [4.69, 9.17) is 10.2 Å². The molecule has 0 radical (unpaired) electrons. The molecule has 19 heavy (non-hydrogen) atoms. The lowest BCUT2D eigenvalue weighted by molar-refractivity contribution is 0.0770. The van der Waals surface area contributed by atoms with E-state index < -0.39 is 0 Å². The summed E-state index contributed by atoms with van der Waals surface area (Å²) in [4.78, 5) is 13.8. The molecule has 2 aromatic heterocycles. The summed E-state index contributed by atoms with van der Waals surface area (Å²) in [6.07, 6.45) is 0.715. The number of hydrogen-bond acceptors (Lipinski definition) is 4. The second-order valence-electron chi connectivity index (χ2n) is 4.49. The fraction of sp³-hybridized carbons (Fsp3) is 0.385. The Bertz CT molecular complexity index is 585. The van der Waals surface area contributed by atoms with Crippen LogP contribution in [-0.2, 0) is 13.0 Å². The van der Waals surface area contributed by atoms with Crippen molar-refractivity contribution < 1.29 is 9.21 Å². The maximum atomic E-state index is 12.2. The first-order valence-corrected chi connectivity index (χ1v) is 6.16. The molecule has 3 N–H and O–H groups in total. The molecule has 2 heterocycles. The second kappa shape index (κ2) is 5.17. The van der Waals surface area contributed by atoms with Crippen molar-refractivity contribution in [2.75, 3.05) is 12.8 Å². The van der Waals surface area contributed by atoms with Crippen LogP contribution in [-0.4, -0.2) is 28.1 Å². The molecule has 102 valence electrons. The number of hydrogen-bond donors (Lipinski definition) is 2. The van der Waals surface area contributed by atoms with Crippen LogP contribution in [0.1, 0.15) is 34.6 Å². The zero-order valence-electron chi connectivity index (χ0n) is 11.4. The van der Waals surface area contributed by atoms with E-state index >= 15 is 0 Å². The summed E-state index contributed by atoms with van der Waals surface area (Å²) in [6.45, 7) is 4.21. The average Bonchev–Trinajstić information content (AvgIpc) is 2.94. The number of aryl methyl sites for hydroxylation is 2. The Morgan fingerprint density at radius 1 is 1.53 bits per heavy atom. The molecule has 0 saturated carbocycles. The minimum Gasteiger partial charge on any atom is -0.464 e. The SMILES string of the molecule is CCc1[nH]nc(C(=O)N(C)Cc2ccc(C)o2)c1N.